The first kappa shape index (κ1) is 11.6. The molecule has 2 fully saturated rings. The van der Waals surface area contributed by atoms with Gasteiger partial charge in [-0.15, -0.1) is 6.42 Å². The van der Waals surface area contributed by atoms with E-state index in [9.17, 15) is 4.39 Å². The standard InChI is InChI=1S/C15H16FNO/c1-2-12-3-4-13(16)14(9-12)17-10-15(11-17)5-7-18-8-6-15/h1,3-4,9H,5-8,10-11H2. The average Bonchev–Trinajstić information content (AvgIpc) is 2.38. The molecule has 0 amide bonds. The molecular weight excluding hydrogens is 229 g/mol. The van der Waals surface area contributed by atoms with Crippen LogP contribution in [0.15, 0.2) is 18.2 Å². The molecule has 2 saturated heterocycles. The van der Waals surface area contributed by atoms with Crippen molar-refractivity contribution in [2.75, 3.05) is 31.2 Å². The van der Waals surface area contributed by atoms with Crippen molar-refractivity contribution in [2.24, 2.45) is 5.41 Å². The predicted molar refractivity (Wildman–Crippen MR) is 69.0 cm³/mol. The van der Waals surface area contributed by atoms with Gasteiger partial charge in [0.25, 0.3) is 0 Å². The number of ether oxygens (including phenoxy) is 1. The summed E-state index contributed by atoms with van der Waals surface area (Å²) in [6.07, 6.45) is 7.52. The largest absolute Gasteiger partial charge is 0.381 e. The summed E-state index contributed by atoms with van der Waals surface area (Å²) < 4.78 is 19.2. The van der Waals surface area contributed by atoms with Gasteiger partial charge in [0.2, 0.25) is 0 Å². The molecule has 3 heteroatoms. The molecule has 1 aromatic carbocycles. The fourth-order valence-electron chi connectivity index (χ4n) is 2.90. The lowest BCUT2D eigenvalue weighted by Crippen LogP contribution is -2.58. The molecule has 2 aliphatic heterocycles. The minimum absolute atomic E-state index is 0.184. The number of anilines is 1. The third kappa shape index (κ3) is 1.87. The zero-order chi connectivity index (χ0) is 12.6. The number of rotatable bonds is 1. The highest BCUT2D eigenvalue weighted by Crippen LogP contribution is 2.42. The number of hydrogen-bond acceptors (Lipinski definition) is 2. The Morgan fingerprint density at radius 1 is 1.28 bits per heavy atom. The second-order valence-corrected chi connectivity index (χ2v) is 5.28. The van der Waals surface area contributed by atoms with Crippen LogP contribution in [-0.4, -0.2) is 26.3 Å². The molecule has 0 aromatic heterocycles. The van der Waals surface area contributed by atoms with Gasteiger partial charge in [0.05, 0.1) is 5.69 Å². The van der Waals surface area contributed by atoms with Crippen LogP contribution in [0.1, 0.15) is 18.4 Å². The molecule has 0 atom stereocenters. The van der Waals surface area contributed by atoms with Crippen LogP contribution in [0.5, 0.6) is 0 Å². The summed E-state index contributed by atoms with van der Waals surface area (Å²) in [6, 6.07) is 4.86. The Morgan fingerprint density at radius 2 is 2.00 bits per heavy atom. The molecule has 3 rings (SSSR count). The zero-order valence-corrected chi connectivity index (χ0v) is 10.3. The van der Waals surface area contributed by atoms with Gasteiger partial charge in [-0.2, -0.15) is 0 Å². The first-order chi connectivity index (χ1) is 8.72. The molecule has 0 radical (unpaired) electrons. The Kier molecular flexibility index (Phi) is 2.76. The van der Waals surface area contributed by atoms with E-state index >= 15 is 0 Å². The summed E-state index contributed by atoms with van der Waals surface area (Å²) in [5.41, 5.74) is 1.72. The molecule has 0 aliphatic carbocycles. The third-order valence-corrected chi connectivity index (χ3v) is 4.06. The van der Waals surface area contributed by atoms with Gasteiger partial charge in [-0.25, -0.2) is 4.39 Å². The topological polar surface area (TPSA) is 12.5 Å². The maximum absolute atomic E-state index is 13.8. The normalized spacial score (nSPS) is 21.4. The van der Waals surface area contributed by atoms with Gasteiger partial charge in [0, 0.05) is 37.3 Å². The van der Waals surface area contributed by atoms with E-state index in [1.165, 1.54) is 6.07 Å². The summed E-state index contributed by atoms with van der Waals surface area (Å²) in [5, 5.41) is 0. The van der Waals surface area contributed by atoms with Crippen molar-refractivity contribution in [3.05, 3.63) is 29.6 Å². The molecule has 0 N–H and O–H groups in total. The Hall–Kier alpha value is -1.53. The summed E-state index contributed by atoms with van der Waals surface area (Å²) >= 11 is 0. The van der Waals surface area contributed by atoms with Crippen molar-refractivity contribution in [2.45, 2.75) is 12.8 Å². The fourth-order valence-corrected chi connectivity index (χ4v) is 2.90. The van der Waals surface area contributed by atoms with Crippen molar-refractivity contribution in [3.8, 4) is 12.3 Å². The van der Waals surface area contributed by atoms with Crippen molar-refractivity contribution in [3.63, 3.8) is 0 Å². The van der Waals surface area contributed by atoms with Crippen LogP contribution in [0.4, 0.5) is 10.1 Å². The molecule has 0 saturated carbocycles. The second-order valence-electron chi connectivity index (χ2n) is 5.28. The van der Waals surface area contributed by atoms with Gasteiger partial charge >= 0.3 is 0 Å². The van der Waals surface area contributed by atoms with Gasteiger partial charge in [0.1, 0.15) is 5.82 Å². The van der Waals surface area contributed by atoms with Crippen LogP contribution in [0, 0.1) is 23.6 Å². The molecule has 2 nitrogen and oxygen atoms in total. The molecule has 0 unspecified atom stereocenters. The molecule has 2 heterocycles. The lowest BCUT2D eigenvalue weighted by atomic mass is 9.73. The number of hydrogen-bond donors (Lipinski definition) is 0. The van der Waals surface area contributed by atoms with Crippen LogP contribution >= 0.6 is 0 Å². The van der Waals surface area contributed by atoms with E-state index in [0.29, 0.717) is 11.1 Å². The average molecular weight is 245 g/mol. The first-order valence-electron chi connectivity index (χ1n) is 6.31. The Labute approximate surface area is 107 Å². The fraction of sp³-hybridized carbons (Fsp3) is 0.467. The van der Waals surface area contributed by atoms with E-state index in [1.807, 2.05) is 0 Å². The van der Waals surface area contributed by atoms with Crippen molar-refractivity contribution < 1.29 is 9.13 Å². The summed E-state index contributed by atoms with van der Waals surface area (Å²) in [7, 11) is 0. The maximum Gasteiger partial charge on any atom is 0.146 e. The van der Waals surface area contributed by atoms with Crippen molar-refractivity contribution in [1.29, 1.82) is 0 Å². The lowest BCUT2D eigenvalue weighted by molar-refractivity contribution is -0.000388. The number of nitrogens with zero attached hydrogens (tertiary/aromatic N) is 1. The van der Waals surface area contributed by atoms with E-state index in [4.69, 9.17) is 11.2 Å². The highest BCUT2D eigenvalue weighted by Gasteiger charge is 2.44. The van der Waals surface area contributed by atoms with Gasteiger partial charge in [-0.3, -0.25) is 0 Å². The van der Waals surface area contributed by atoms with Crippen LogP contribution in [0.25, 0.3) is 0 Å². The van der Waals surface area contributed by atoms with Crippen molar-refractivity contribution >= 4 is 5.69 Å². The third-order valence-electron chi connectivity index (χ3n) is 4.06. The summed E-state index contributed by atoms with van der Waals surface area (Å²) in [4.78, 5) is 2.08. The van der Waals surface area contributed by atoms with E-state index in [0.717, 1.165) is 44.7 Å². The van der Waals surface area contributed by atoms with Gasteiger partial charge in [-0.1, -0.05) is 5.92 Å². The lowest BCUT2D eigenvalue weighted by Gasteiger charge is -2.53. The van der Waals surface area contributed by atoms with E-state index in [1.54, 1.807) is 12.1 Å². The van der Waals surface area contributed by atoms with Crippen molar-refractivity contribution in [1.82, 2.24) is 0 Å². The van der Waals surface area contributed by atoms with E-state index in [-0.39, 0.29) is 5.82 Å². The minimum Gasteiger partial charge on any atom is -0.381 e. The smallest absolute Gasteiger partial charge is 0.146 e. The molecular formula is C15H16FNO. The second kappa shape index (κ2) is 4.29. The molecule has 18 heavy (non-hydrogen) atoms. The monoisotopic (exact) mass is 245 g/mol. The van der Waals surface area contributed by atoms with Crippen LogP contribution in [0.3, 0.4) is 0 Å². The quantitative estimate of drug-likeness (QED) is 0.705. The summed E-state index contributed by atoms with van der Waals surface area (Å²) in [5.74, 6) is 2.37. The highest BCUT2D eigenvalue weighted by atomic mass is 19.1. The van der Waals surface area contributed by atoms with E-state index < -0.39 is 0 Å². The molecule has 94 valence electrons. The van der Waals surface area contributed by atoms with Gasteiger partial charge < -0.3 is 9.64 Å². The number of benzene rings is 1. The van der Waals surface area contributed by atoms with Gasteiger partial charge in [0.15, 0.2) is 0 Å². The zero-order valence-electron chi connectivity index (χ0n) is 10.3. The number of terminal acetylenes is 1. The molecule has 1 spiro atoms. The predicted octanol–water partition coefficient (Wildman–Crippen LogP) is 2.42. The first-order valence-corrected chi connectivity index (χ1v) is 6.31. The van der Waals surface area contributed by atoms with E-state index in [2.05, 4.69) is 10.8 Å². The summed E-state index contributed by atoms with van der Waals surface area (Å²) in [6.45, 7) is 3.50. The SMILES string of the molecule is C#Cc1ccc(F)c(N2CC3(CCOCC3)C2)c1. The Balaban J connectivity index is 1.76. The molecule has 1 aromatic rings. The maximum atomic E-state index is 13.8. The van der Waals surface area contributed by atoms with Crippen LogP contribution < -0.4 is 4.90 Å². The number of halogens is 1. The van der Waals surface area contributed by atoms with Crippen LogP contribution in [-0.2, 0) is 4.74 Å². The Morgan fingerprint density at radius 3 is 2.67 bits per heavy atom. The molecule has 0 bridgehead atoms. The molecule has 2 aliphatic rings. The van der Waals surface area contributed by atoms with Crippen LogP contribution in [0.2, 0.25) is 0 Å². The highest BCUT2D eigenvalue weighted by molar-refractivity contribution is 5.55. The minimum atomic E-state index is -0.184. The Bertz CT molecular complexity index is 492. The van der Waals surface area contributed by atoms with Gasteiger partial charge in [-0.05, 0) is 31.0 Å².